The third-order valence-electron chi connectivity index (χ3n) is 0.511. The summed E-state index contributed by atoms with van der Waals surface area (Å²) in [6.07, 6.45) is 0. The van der Waals surface area contributed by atoms with Gasteiger partial charge in [-0.3, -0.25) is 4.72 Å². The third kappa shape index (κ3) is 0.899. The summed E-state index contributed by atoms with van der Waals surface area (Å²) in [5, 5.41) is 2.79. The Labute approximate surface area is 45.9 Å². The minimum Gasteiger partial charge on any atom is -0.255 e. The van der Waals surface area contributed by atoms with E-state index in [9.17, 15) is 0 Å². The molecule has 1 aliphatic heterocycles. The van der Waals surface area contributed by atoms with E-state index in [-0.39, 0.29) is 0 Å². The van der Waals surface area contributed by atoms with Crippen molar-refractivity contribution in [2.45, 2.75) is 0 Å². The van der Waals surface area contributed by atoms with Crippen LogP contribution in [0.2, 0.25) is 0 Å². The molecule has 0 aromatic heterocycles. The molecule has 0 spiro atoms. The first-order chi connectivity index (χ1) is 2.89. The van der Waals surface area contributed by atoms with E-state index in [1.165, 1.54) is 11.9 Å². The van der Waals surface area contributed by atoms with Crippen LogP contribution in [0.1, 0.15) is 0 Å². The molecule has 1 nitrogen and oxygen atoms in total. The topological polar surface area (TPSA) is 12.0 Å². The quantitative estimate of drug-likeness (QED) is 0.485. The lowest BCUT2D eigenvalue weighted by molar-refractivity contribution is 1.14. The van der Waals surface area contributed by atoms with Crippen LogP contribution in [0.15, 0.2) is 10.4 Å². The highest BCUT2D eigenvalue weighted by atomic mass is 35.5. The number of rotatable bonds is 0. The molecule has 1 heterocycles. The molecule has 0 amide bonds. The van der Waals surface area contributed by atoms with E-state index >= 15 is 0 Å². The zero-order valence-electron chi connectivity index (χ0n) is 3.07. The predicted octanol–water partition coefficient (Wildman–Crippen LogP) is 1.32. The molecule has 0 saturated heterocycles. The van der Waals surface area contributed by atoms with Gasteiger partial charge in [0, 0.05) is 17.0 Å². The van der Waals surface area contributed by atoms with Crippen molar-refractivity contribution in [2.75, 3.05) is 6.54 Å². The van der Waals surface area contributed by atoms with E-state index in [4.69, 9.17) is 11.6 Å². The first-order valence-corrected chi connectivity index (χ1v) is 2.88. The molecular weight excluding hydrogens is 118 g/mol. The van der Waals surface area contributed by atoms with Crippen LogP contribution < -0.4 is 4.72 Å². The Morgan fingerprint density at radius 1 is 2.00 bits per heavy atom. The summed E-state index contributed by atoms with van der Waals surface area (Å²) in [5.41, 5.74) is 0. The largest absolute Gasteiger partial charge is 0.255 e. The Morgan fingerprint density at radius 2 is 2.83 bits per heavy atom. The number of halogens is 1. The van der Waals surface area contributed by atoms with E-state index in [0.717, 1.165) is 11.6 Å². The van der Waals surface area contributed by atoms with E-state index in [2.05, 4.69) is 4.72 Å². The van der Waals surface area contributed by atoms with Crippen molar-refractivity contribution >= 4 is 23.5 Å². The van der Waals surface area contributed by atoms with E-state index < -0.39 is 0 Å². The molecule has 1 rings (SSSR count). The lowest BCUT2D eigenvalue weighted by Crippen LogP contribution is -1.95. The van der Waals surface area contributed by atoms with Crippen LogP contribution in [0.25, 0.3) is 0 Å². The van der Waals surface area contributed by atoms with E-state index in [1.807, 2.05) is 5.41 Å². The lowest BCUT2D eigenvalue weighted by Gasteiger charge is -1.79. The molecule has 1 aliphatic rings. The van der Waals surface area contributed by atoms with Gasteiger partial charge in [-0.25, -0.2) is 0 Å². The second-order valence-electron chi connectivity index (χ2n) is 1.00. The van der Waals surface area contributed by atoms with Gasteiger partial charge < -0.3 is 0 Å². The first kappa shape index (κ1) is 4.50. The molecule has 0 aromatic carbocycles. The summed E-state index contributed by atoms with van der Waals surface area (Å²) in [6.45, 7) is 0.826. The maximum absolute atomic E-state index is 5.49. The van der Waals surface area contributed by atoms with Crippen molar-refractivity contribution in [1.82, 2.24) is 4.72 Å². The van der Waals surface area contributed by atoms with Crippen LogP contribution in [-0.4, -0.2) is 6.54 Å². The molecule has 1 N–H and O–H groups in total. The van der Waals surface area contributed by atoms with Crippen LogP contribution >= 0.6 is 23.5 Å². The third-order valence-corrected chi connectivity index (χ3v) is 1.60. The minimum absolute atomic E-state index is 0.826. The molecule has 0 fully saturated rings. The number of hydrogen-bond donors (Lipinski definition) is 1. The van der Waals surface area contributed by atoms with Gasteiger partial charge in [-0.2, -0.15) is 0 Å². The number of hydrogen-bond acceptors (Lipinski definition) is 2. The Kier molecular flexibility index (Phi) is 1.40. The van der Waals surface area contributed by atoms with Crippen LogP contribution in [0.5, 0.6) is 0 Å². The predicted molar refractivity (Wildman–Crippen MR) is 29.5 cm³/mol. The van der Waals surface area contributed by atoms with Gasteiger partial charge in [0.25, 0.3) is 0 Å². The molecule has 0 aromatic rings. The molecule has 3 heteroatoms. The monoisotopic (exact) mass is 121 g/mol. The van der Waals surface area contributed by atoms with Crippen molar-refractivity contribution < 1.29 is 0 Å². The Balaban J connectivity index is 2.45. The van der Waals surface area contributed by atoms with Crippen molar-refractivity contribution in [3.05, 3.63) is 10.4 Å². The first-order valence-electron chi connectivity index (χ1n) is 1.62. The summed E-state index contributed by atoms with van der Waals surface area (Å²) < 4.78 is 2.96. The summed E-state index contributed by atoms with van der Waals surface area (Å²) >= 11 is 7.03. The summed E-state index contributed by atoms with van der Waals surface area (Å²) in [5.74, 6) is 0. The van der Waals surface area contributed by atoms with Crippen molar-refractivity contribution in [3.8, 4) is 0 Å². The molecule has 0 saturated carbocycles. The molecule has 0 unspecified atom stereocenters. The Morgan fingerprint density at radius 3 is 3.00 bits per heavy atom. The minimum atomic E-state index is 0.826. The van der Waals surface area contributed by atoms with Crippen molar-refractivity contribution in [2.24, 2.45) is 0 Å². The highest BCUT2D eigenvalue weighted by Crippen LogP contribution is 2.13. The SMILES string of the molecule is ClC1=CSNC1. The van der Waals surface area contributed by atoms with Gasteiger partial charge in [0.15, 0.2) is 0 Å². The van der Waals surface area contributed by atoms with Gasteiger partial charge in [0.1, 0.15) is 0 Å². The molecule has 34 valence electrons. The maximum Gasteiger partial charge on any atom is 0.0426 e. The summed E-state index contributed by atoms with van der Waals surface area (Å²) in [4.78, 5) is 0. The van der Waals surface area contributed by atoms with Gasteiger partial charge in [0.05, 0.1) is 0 Å². The van der Waals surface area contributed by atoms with Crippen molar-refractivity contribution in [3.63, 3.8) is 0 Å². The smallest absolute Gasteiger partial charge is 0.0426 e. The molecule has 0 atom stereocenters. The average Bonchev–Trinajstić information content (AvgIpc) is 1.86. The summed E-state index contributed by atoms with van der Waals surface area (Å²) in [6, 6.07) is 0. The van der Waals surface area contributed by atoms with Crippen molar-refractivity contribution in [1.29, 1.82) is 0 Å². The zero-order valence-corrected chi connectivity index (χ0v) is 4.64. The van der Waals surface area contributed by atoms with Gasteiger partial charge >= 0.3 is 0 Å². The fourth-order valence-electron chi connectivity index (χ4n) is 0.258. The highest BCUT2D eigenvalue weighted by molar-refractivity contribution is 8.00. The fraction of sp³-hybridized carbons (Fsp3) is 0.333. The summed E-state index contributed by atoms with van der Waals surface area (Å²) in [7, 11) is 0. The maximum atomic E-state index is 5.49. The van der Waals surface area contributed by atoms with Crippen LogP contribution in [0.4, 0.5) is 0 Å². The normalized spacial score (nSPS) is 21.2. The van der Waals surface area contributed by atoms with Gasteiger partial charge in [-0.05, 0) is 0 Å². The van der Waals surface area contributed by atoms with Gasteiger partial charge in [-0.1, -0.05) is 23.5 Å². The molecule has 0 bridgehead atoms. The Bertz CT molecular complexity index is 80.9. The lowest BCUT2D eigenvalue weighted by atomic mass is 10.7. The molecule has 0 radical (unpaired) electrons. The average molecular weight is 122 g/mol. The van der Waals surface area contributed by atoms with Gasteiger partial charge in [-0.15, -0.1) is 0 Å². The van der Waals surface area contributed by atoms with Crippen LogP contribution in [0.3, 0.4) is 0 Å². The standard InChI is InChI=1S/C3H4ClNS/c4-3-1-5-6-2-3/h2,5H,1H2. The van der Waals surface area contributed by atoms with Gasteiger partial charge in [0.2, 0.25) is 0 Å². The molecule has 6 heavy (non-hydrogen) atoms. The molecular formula is C3H4ClNS. The number of nitrogens with one attached hydrogen (secondary N) is 1. The fourth-order valence-corrected chi connectivity index (χ4v) is 1.07. The zero-order chi connectivity index (χ0) is 4.41. The van der Waals surface area contributed by atoms with Crippen LogP contribution in [-0.2, 0) is 0 Å². The Hall–Kier alpha value is 0.340. The second-order valence-corrected chi connectivity index (χ2v) is 2.25. The highest BCUT2D eigenvalue weighted by Gasteiger charge is 1.96. The molecule has 0 aliphatic carbocycles. The van der Waals surface area contributed by atoms with E-state index in [0.29, 0.717) is 0 Å². The van der Waals surface area contributed by atoms with Crippen LogP contribution in [0, 0.1) is 0 Å². The van der Waals surface area contributed by atoms with E-state index in [1.54, 1.807) is 0 Å². The second kappa shape index (κ2) is 1.87.